The fraction of sp³-hybridized carbons (Fsp3) is 0.545. The smallest absolute Gasteiger partial charge is 0.165 e. The Balaban J connectivity index is 1.93. The highest BCUT2D eigenvalue weighted by molar-refractivity contribution is 7.08. The van der Waals surface area contributed by atoms with Crippen LogP contribution in [0.5, 0.6) is 0 Å². The summed E-state index contributed by atoms with van der Waals surface area (Å²) in [5.74, 6) is 0.844. The lowest BCUT2D eigenvalue weighted by Crippen LogP contribution is -2.21. The Morgan fingerprint density at radius 1 is 1.44 bits per heavy atom. The second-order valence-corrected chi connectivity index (χ2v) is 4.75. The fourth-order valence-corrected chi connectivity index (χ4v) is 2.41. The topological polar surface area (TPSA) is 64.9 Å². The second kappa shape index (κ2) is 6.58. The van der Waals surface area contributed by atoms with E-state index in [1.807, 2.05) is 4.68 Å². The molecule has 2 aromatic heterocycles. The molecule has 18 heavy (non-hydrogen) atoms. The van der Waals surface area contributed by atoms with Crippen LogP contribution in [0.25, 0.3) is 0 Å². The average molecular weight is 267 g/mol. The first kappa shape index (κ1) is 13.1. The van der Waals surface area contributed by atoms with Crippen molar-refractivity contribution in [3.05, 3.63) is 27.7 Å². The standard InChI is InChI=1S/C11H17N5OS/c1-9-7-18-8-10(9)6-16-11(13-14-15-16)5-12-3-4-17-2/h7-8,12H,3-6H2,1-2H3. The van der Waals surface area contributed by atoms with Crippen molar-refractivity contribution in [2.75, 3.05) is 20.3 Å². The van der Waals surface area contributed by atoms with E-state index in [0.717, 1.165) is 18.9 Å². The average Bonchev–Trinajstić information content (AvgIpc) is 2.96. The molecular formula is C11H17N5OS. The molecule has 1 N–H and O–H groups in total. The van der Waals surface area contributed by atoms with Crippen LogP contribution in [0.1, 0.15) is 17.0 Å². The largest absolute Gasteiger partial charge is 0.383 e. The first-order valence-corrected chi connectivity index (χ1v) is 6.72. The van der Waals surface area contributed by atoms with Gasteiger partial charge in [-0.05, 0) is 39.2 Å². The van der Waals surface area contributed by atoms with E-state index >= 15 is 0 Å². The minimum absolute atomic E-state index is 0.652. The number of hydrogen-bond acceptors (Lipinski definition) is 6. The Labute approximate surface area is 110 Å². The van der Waals surface area contributed by atoms with Crippen LogP contribution in [0.3, 0.4) is 0 Å². The molecule has 0 atom stereocenters. The van der Waals surface area contributed by atoms with Crippen molar-refractivity contribution >= 4 is 11.3 Å². The monoisotopic (exact) mass is 267 g/mol. The number of methoxy groups -OCH3 is 1. The molecule has 7 heteroatoms. The number of ether oxygens (including phenoxy) is 1. The van der Waals surface area contributed by atoms with Crippen LogP contribution >= 0.6 is 11.3 Å². The molecule has 0 aliphatic carbocycles. The van der Waals surface area contributed by atoms with Gasteiger partial charge in [0.15, 0.2) is 5.82 Å². The highest BCUT2D eigenvalue weighted by atomic mass is 32.1. The maximum absolute atomic E-state index is 4.97. The third-order valence-corrected chi connectivity index (χ3v) is 3.56. The van der Waals surface area contributed by atoms with E-state index in [-0.39, 0.29) is 0 Å². The maximum Gasteiger partial charge on any atom is 0.165 e. The Bertz CT molecular complexity index is 481. The summed E-state index contributed by atoms with van der Waals surface area (Å²) in [7, 11) is 1.69. The highest BCUT2D eigenvalue weighted by Gasteiger charge is 2.08. The minimum atomic E-state index is 0.652. The van der Waals surface area contributed by atoms with E-state index in [2.05, 4.69) is 38.5 Å². The molecule has 2 aromatic rings. The van der Waals surface area contributed by atoms with Crippen molar-refractivity contribution in [3.8, 4) is 0 Å². The van der Waals surface area contributed by atoms with Crippen LogP contribution in [-0.4, -0.2) is 40.5 Å². The van der Waals surface area contributed by atoms with Crippen LogP contribution in [0.4, 0.5) is 0 Å². The zero-order valence-electron chi connectivity index (χ0n) is 10.6. The van der Waals surface area contributed by atoms with Gasteiger partial charge in [0.05, 0.1) is 19.7 Å². The van der Waals surface area contributed by atoms with Gasteiger partial charge in [-0.25, -0.2) is 4.68 Å². The van der Waals surface area contributed by atoms with E-state index < -0.39 is 0 Å². The lowest BCUT2D eigenvalue weighted by molar-refractivity contribution is 0.198. The summed E-state index contributed by atoms with van der Waals surface area (Å²) >= 11 is 1.70. The Kier molecular flexibility index (Phi) is 4.80. The van der Waals surface area contributed by atoms with Gasteiger partial charge in [-0.1, -0.05) is 0 Å². The molecule has 0 aliphatic heterocycles. The second-order valence-electron chi connectivity index (χ2n) is 4.00. The van der Waals surface area contributed by atoms with Gasteiger partial charge >= 0.3 is 0 Å². The van der Waals surface area contributed by atoms with Gasteiger partial charge in [0, 0.05) is 13.7 Å². The van der Waals surface area contributed by atoms with E-state index in [4.69, 9.17) is 4.74 Å². The molecule has 0 aromatic carbocycles. The Hall–Kier alpha value is -1.31. The molecule has 98 valence electrons. The molecule has 0 spiro atoms. The molecule has 0 radical (unpaired) electrons. The molecule has 0 aliphatic rings. The van der Waals surface area contributed by atoms with Gasteiger partial charge in [0.1, 0.15) is 0 Å². The molecule has 0 saturated carbocycles. The summed E-state index contributed by atoms with van der Waals surface area (Å²) in [5.41, 5.74) is 2.55. The number of thiophene rings is 1. The molecule has 0 saturated heterocycles. The van der Waals surface area contributed by atoms with Gasteiger partial charge in [-0.15, -0.1) is 5.10 Å². The Morgan fingerprint density at radius 3 is 3.06 bits per heavy atom. The zero-order chi connectivity index (χ0) is 12.8. The molecule has 2 heterocycles. The van der Waals surface area contributed by atoms with E-state index in [1.54, 1.807) is 18.4 Å². The SMILES string of the molecule is COCCNCc1nnnn1Cc1cscc1C. The third kappa shape index (κ3) is 3.34. The number of nitrogens with zero attached hydrogens (tertiary/aromatic N) is 4. The fourth-order valence-electron chi connectivity index (χ4n) is 1.56. The van der Waals surface area contributed by atoms with E-state index in [1.165, 1.54) is 11.1 Å². The number of aromatic nitrogens is 4. The molecule has 0 bridgehead atoms. The van der Waals surface area contributed by atoms with E-state index in [0.29, 0.717) is 13.2 Å². The number of tetrazole rings is 1. The van der Waals surface area contributed by atoms with Crippen LogP contribution < -0.4 is 5.32 Å². The number of aryl methyl sites for hydroxylation is 1. The molecule has 0 unspecified atom stereocenters. The number of hydrogen-bond donors (Lipinski definition) is 1. The lowest BCUT2D eigenvalue weighted by atomic mass is 10.2. The highest BCUT2D eigenvalue weighted by Crippen LogP contribution is 2.14. The maximum atomic E-state index is 4.97. The van der Waals surface area contributed by atoms with Gasteiger partial charge in [0.25, 0.3) is 0 Å². The zero-order valence-corrected chi connectivity index (χ0v) is 11.4. The third-order valence-electron chi connectivity index (χ3n) is 2.65. The van der Waals surface area contributed by atoms with Crippen molar-refractivity contribution in [2.24, 2.45) is 0 Å². The molecule has 2 rings (SSSR count). The summed E-state index contributed by atoms with van der Waals surface area (Å²) in [6, 6.07) is 0. The van der Waals surface area contributed by atoms with Gasteiger partial charge < -0.3 is 10.1 Å². The van der Waals surface area contributed by atoms with Gasteiger partial charge in [0.2, 0.25) is 0 Å². The van der Waals surface area contributed by atoms with Crippen molar-refractivity contribution in [2.45, 2.75) is 20.0 Å². The predicted molar refractivity (Wildman–Crippen MR) is 69.6 cm³/mol. The lowest BCUT2D eigenvalue weighted by Gasteiger charge is -2.05. The minimum Gasteiger partial charge on any atom is -0.383 e. The first-order valence-electron chi connectivity index (χ1n) is 5.77. The Morgan fingerprint density at radius 2 is 2.33 bits per heavy atom. The quantitative estimate of drug-likeness (QED) is 0.753. The molecule has 0 amide bonds. The summed E-state index contributed by atoms with van der Waals surface area (Å²) in [6.07, 6.45) is 0. The summed E-state index contributed by atoms with van der Waals surface area (Å²) < 4.78 is 6.80. The first-order chi connectivity index (χ1) is 8.81. The number of rotatable bonds is 7. The van der Waals surface area contributed by atoms with Crippen molar-refractivity contribution in [1.29, 1.82) is 0 Å². The van der Waals surface area contributed by atoms with Crippen LogP contribution in [0.15, 0.2) is 10.8 Å². The summed E-state index contributed by atoms with van der Waals surface area (Å²) in [5, 5.41) is 19.3. The van der Waals surface area contributed by atoms with Crippen LogP contribution in [0.2, 0.25) is 0 Å². The van der Waals surface area contributed by atoms with Crippen LogP contribution in [-0.2, 0) is 17.8 Å². The van der Waals surface area contributed by atoms with Crippen molar-refractivity contribution in [3.63, 3.8) is 0 Å². The van der Waals surface area contributed by atoms with Gasteiger partial charge in [-0.3, -0.25) is 0 Å². The van der Waals surface area contributed by atoms with Crippen molar-refractivity contribution < 1.29 is 4.74 Å². The molecule has 6 nitrogen and oxygen atoms in total. The normalized spacial score (nSPS) is 11.0. The van der Waals surface area contributed by atoms with Gasteiger partial charge in [-0.2, -0.15) is 11.3 Å². The van der Waals surface area contributed by atoms with Crippen LogP contribution in [0, 0.1) is 6.92 Å². The van der Waals surface area contributed by atoms with Crippen molar-refractivity contribution in [1.82, 2.24) is 25.5 Å². The van der Waals surface area contributed by atoms with E-state index in [9.17, 15) is 0 Å². The summed E-state index contributed by atoms with van der Waals surface area (Å²) in [4.78, 5) is 0. The predicted octanol–water partition coefficient (Wildman–Crippen LogP) is 0.827. The summed E-state index contributed by atoms with van der Waals surface area (Å²) in [6.45, 7) is 4.96. The molecule has 0 fully saturated rings. The molecular weight excluding hydrogens is 250 g/mol. The number of nitrogens with one attached hydrogen (secondary N) is 1.